The first kappa shape index (κ1) is 46.6. The molecule has 0 saturated heterocycles. The van der Waals surface area contributed by atoms with E-state index in [-0.39, 0.29) is 0 Å². The van der Waals surface area contributed by atoms with E-state index >= 15 is 0 Å². The normalized spacial score (nSPS) is 11.6. The summed E-state index contributed by atoms with van der Waals surface area (Å²) in [5, 5.41) is 8.75. The zero-order valence-corrected chi connectivity index (χ0v) is 36.0. The van der Waals surface area contributed by atoms with Crippen LogP contribution in [-0.4, -0.2) is 25.4 Å². The highest BCUT2D eigenvalue weighted by Gasteiger charge is 2.03. The van der Waals surface area contributed by atoms with Crippen molar-refractivity contribution in [2.45, 2.75) is 142 Å². The van der Waals surface area contributed by atoms with E-state index in [1.807, 2.05) is 84.9 Å². The molecule has 316 valence electrons. The van der Waals surface area contributed by atoms with Gasteiger partial charge in [0.2, 0.25) is 0 Å². The molecule has 0 N–H and O–H groups in total. The van der Waals surface area contributed by atoms with Gasteiger partial charge in [0.1, 0.15) is 17.2 Å². The van der Waals surface area contributed by atoms with Crippen LogP contribution in [-0.2, 0) is 4.79 Å². The van der Waals surface area contributed by atoms with Crippen molar-refractivity contribution in [3.8, 4) is 17.2 Å². The molecule has 0 bridgehead atoms. The molecule has 0 unspecified atom stereocenters. The lowest BCUT2D eigenvalue weighted by atomic mass is 10.1. The van der Waals surface area contributed by atoms with Crippen LogP contribution in [0.5, 0.6) is 17.2 Å². The molecule has 0 fully saturated rings. The first-order chi connectivity index (χ1) is 29.1. The second-order valence-electron chi connectivity index (χ2n) is 15.4. The van der Waals surface area contributed by atoms with Crippen molar-refractivity contribution in [1.82, 2.24) is 0 Å². The predicted octanol–water partition coefficient (Wildman–Crippen LogP) is 16.1. The molecule has 0 atom stereocenters. The molecule has 4 aromatic carbocycles. The van der Waals surface area contributed by atoms with Crippen molar-refractivity contribution in [1.29, 1.82) is 0 Å². The third-order valence-corrected chi connectivity index (χ3v) is 10.3. The molecular weight excluding hydrogens is 731 g/mol. The minimum atomic E-state index is -0.439. The van der Waals surface area contributed by atoms with Crippen LogP contribution in [0.2, 0.25) is 0 Å². The van der Waals surface area contributed by atoms with Gasteiger partial charge < -0.3 is 14.2 Å². The molecular formula is C52H69N3O4. The Labute approximate surface area is 355 Å². The minimum absolute atomic E-state index is 0.439. The average Bonchev–Trinajstić information content (AvgIpc) is 3.27. The zero-order valence-electron chi connectivity index (χ0n) is 36.0. The van der Waals surface area contributed by atoms with E-state index < -0.39 is 5.97 Å². The highest BCUT2D eigenvalue weighted by atomic mass is 16.5. The number of benzene rings is 4. The molecule has 59 heavy (non-hydrogen) atoms. The van der Waals surface area contributed by atoms with E-state index in [0.717, 1.165) is 65.7 Å². The Kier molecular flexibility index (Phi) is 23.8. The lowest BCUT2D eigenvalue weighted by molar-refractivity contribution is -0.128. The summed E-state index contributed by atoms with van der Waals surface area (Å²) in [7, 11) is 0. The number of hydrogen-bond donors (Lipinski definition) is 0. The number of azo groups is 1. The fourth-order valence-corrected chi connectivity index (χ4v) is 6.65. The SMILES string of the molecule is CCCCCCCCCCCCOc1ccc(/C=C/C(=O)Oc2ccc(C=Nc3ccc(N=Nc4ccc(OCCCCCCCCCCCC)cc4)cc3)cc2)cc1. The Hall–Kier alpha value is -5.04. The number of rotatable bonds is 31. The molecule has 0 radical (unpaired) electrons. The molecule has 0 heterocycles. The van der Waals surface area contributed by atoms with Crippen LogP contribution in [0.15, 0.2) is 118 Å². The van der Waals surface area contributed by atoms with Crippen molar-refractivity contribution in [3.05, 3.63) is 114 Å². The molecule has 7 heteroatoms. The molecule has 0 aliphatic heterocycles. The summed E-state index contributed by atoms with van der Waals surface area (Å²) < 4.78 is 17.3. The fourth-order valence-electron chi connectivity index (χ4n) is 6.65. The highest BCUT2D eigenvalue weighted by Crippen LogP contribution is 2.24. The van der Waals surface area contributed by atoms with Crippen LogP contribution >= 0.6 is 0 Å². The molecule has 7 nitrogen and oxygen atoms in total. The van der Waals surface area contributed by atoms with Crippen LogP contribution in [0.25, 0.3) is 6.08 Å². The Morgan fingerprint density at radius 1 is 0.441 bits per heavy atom. The van der Waals surface area contributed by atoms with Crippen LogP contribution in [0.4, 0.5) is 17.1 Å². The fraction of sp³-hybridized carbons (Fsp3) is 0.462. The quantitative estimate of drug-likeness (QED) is 0.0127. The van der Waals surface area contributed by atoms with Crippen molar-refractivity contribution in [3.63, 3.8) is 0 Å². The summed E-state index contributed by atoms with van der Waals surface area (Å²) >= 11 is 0. The van der Waals surface area contributed by atoms with Gasteiger partial charge in [-0.15, -0.1) is 0 Å². The van der Waals surface area contributed by atoms with Gasteiger partial charge in [0.15, 0.2) is 0 Å². The number of esters is 1. The second kappa shape index (κ2) is 30.1. The number of aliphatic imine (C=N–C) groups is 1. The van der Waals surface area contributed by atoms with Crippen molar-refractivity contribution >= 4 is 35.3 Å². The summed E-state index contributed by atoms with van der Waals surface area (Å²) in [6.07, 6.45) is 31.2. The summed E-state index contributed by atoms with van der Waals surface area (Å²) in [5.74, 6) is 1.74. The maximum Gasteiger partial charge on any atom is 0.336 e. The zero-order chi connectivity index (χ0) is 41.4. The van der Waals surface area contributed by atoms with E-state index in [1.165, 1.54) is 122 Å². The smallest absolute Gasteiger partial charge is 0.336 e. The van der Waals surface area contributed by atoms with E-state index in [0.29, 0.717) is 5.75 Å². The average molecular weight is 800 g/mol. The van der Waals surface area contributed by atoms with Gasteiger partial charge in [-0.2, -0.15) is 10.2 Å². The Bertz CT molecular complexity index is 1770. The maximum absolute atomic E-state index is 12.5. The van der Waals surface area contributed by atoms with E-state index in [4.69, 9.17) is 14.2 Å². The Morgan fingerprint density at radius 3 is 1.29 bits per heavy atom. The monoisotopic (exact) mass is 800 g/mol. The highest BCUT2D eigenvalue weighted by molar-refractivity contribution is 5.89. The van der Waals surface area contributed by atoms with Crippen LogP contribution in [0.3, 0.4) is 0 Å². The lowest BCUT2D eigenvalue weighted by Gasteiger charge is -2.06. The summed E-state index contributed by atoms with van der Waals surface area (Å²) in [6, 6.07) is 30.3. The molecule has 0 aromatic heterocycles. The van der Waals surface area contributed by atoms with Crippen LogP contribution < -0.4 is 14.2 Å². The Morgan fingerprint density at radius 2 is 0.814 bits per heavy atom. The number of nitrogens with zero attached hydrogens (tertiary/aromatic N) is 3. The van der Waals surface area contributed by atoms with Crippen molar-refractivity contribution in [2.24, 2.45) is 15.2 Å². The molecule has 4 rings (SSSR count). The molecule has 0 saturated carbocycles. The standard InChI is InChI=1S/C52H69N3O4/c1-3-5-7-9-11-13-15-17-19-21-41-57-49-34-23-44(24-35-49)27-40-52(56)59-51-36-25-45(26-37-51)43-53-46-28-30-47(31-29-46)54-55-48-32-38-50(39-33-48)58-42-22-20-18-16-14-12-10-8-6-4-2/h23-40,43H,3-22,41-42H2,1-2H3/b40-27+,53-43?,55-54?. The minimum Gasteiger partial charge on any atom is -0.494 e. The molecule has 0 aliphatic carbocycles. The molecule has 0 amide bonds. The molecule has 4 aromatic rings. The van der Waals surface area contributed by atoms with Crippen LogP contribution in [0.1, 0.15) is 153 Å². The largest absolute Gasteiger partial charge is 0.494 e. The molecule has 0 spiro atoms. The van der Waals surface area contributed by atoms with Gasteiger partial charge in [-0.05, 0) is 115 Å². The van der Waals surface area contributed by atoms with Crippen molar-refractivity contribution < 1.29 is 19.0 Å². The second-order valence-corrected chi connectivity index (χ2v) is 15.4. The van der Waals surface area contributed by atoms with Crippen LogP contribution in [0, 0.1) is 0 Å². The van der Waals surface area contributed by atoms with Gasteiger partial charge in [0.25, 0.3) is 0 Å². The van der Waals surface area contributed by atoms with E-state index in [1.54, 1.807) is 24.4 Å². The topological polar surface area (TPSA) is 81.8 Å². The first-order valence-electron chi connectivity index (χ1n) is 22.6. The first-order valence-corrected chi connectivity index (χ1v) is 22.6. The van der Waals surface area contributed by atoms with Gasteiger partial charge in [0, 0.05) is 12.3 Å². The number of unbranched alkanes of at least 4 members (excludes halogenated alkanes) is 18. The van der Waals surface area contributed by atoms with Gasteiger partial charge in [-0.1, -0.05) is 142 Å². The number of carbonyl (C=O) groups is 1. The van der Waals surface area contributed by atoms with Gasteiger partial charge >= 0.3 is 5.97 Å². The number of ether oxygens (including phenoxy) is 3. The van der Waals surface area contributed by atoms with E-state index in [9.17, 15) is 4.79 Å². The predicted molar refractivity (Wildman–Crippen MR) is 247 cm³/mol. The number of carbonyl (C=O) groups excluding carboxylic acids is 1. The summed E-state index contributed by atoms with van der Waals surface area (Å²) in [5.41, 5.74) is 4.10. The molecule has 0 aliphatic rings. The maximum atomic E-state index is 12.5. The van der Waals surface area contributed by atoms with Gasteiger partial charge in [0.05, 0.1) is 30.3 Å². The number of hydrogen-bond acceptors (Lipinski definition) is 7. The van der Waals surface area contributed by atoms with E-state index in [2.05, 4.69) is 29.1 Å². The summed E-state index contributed by atoms with van der Waals surface area (Å²) in [4.78, 5) is 17.0. The summed E-state index contributed by atoms with van der Waals surface area (Å²) in [6.45, 7) is 6.01. The Balaban J connectivity index is 1.07. The third-order valence-electron chi connectivity index (χ3n) is 10.3. The van der Waals surface area contributed by atoms with Crippen molar-refractivity contribution in [2.75, 3.05) is 13.2 Å². The van der Waals surface area contributed by atoms with Gasteiger partial charge in [-0.3, -0.25) is 4.99 Å². The third kappa shape index (κ3) is 21.5. The lowest BCUT2D eigenvalue weighted by Crippen LogP contribution is -2.03. The van der Waals surface area contributed by atoms with Gasteiger partial charge in [-0.25, -0.2) is 4.79 Å².